The zero-order valence-electron chi connectivity index (χ0n) is 14.7. The number of anilines is 1. The largest absolute Gasteiger partial charge is 0.385 e. The van der Waals surface area contributed by atoms with E-state index in [0.717, 1.165) is 17.1 Å². The molecule has 7 heteroatoms. The van der Waals surface area contributed by atoms with Gasteiger partial charge in [-0.15, -0.1) is 37.2 Å². The molecule has 1 atom stereocenters. The number of nitrogens with one attached hydrogen (secondary N) is 1. The van der Waals surface area contributed by atoms with Gasteiger partial charge in [-0.05, 0) is 63.0 Å². The Kier molecular flexibility index (Phi) is 13.6. The van der Waals surface area contributed by atoms with Gasteiger partial charge in [0.1, 0.15) is 0 Å². The van der Waals surface area contributed by atoms with Gasteiger partial charge in [0.2, 0.25) is 0 Å². The van der Waals surface area contributed by atoms with Gasteiger partial charge in [-0.3, -0.25) is 4.90 Å². The summed E-state index contributed by atoms with van der Waals surface area (Å²) in [6, 6.07) is 9.29. The predicted octanol–water partition coefficient (Wildman–Crippen LogP) is 5.08. The third kappa shape index (κ3) is 8.23. The Morgan fingerprint density at radius 2 is 1.72 bits per heavy atom. The molecule has 2 heterocycles. The first-order valence-electron chi connectivity index (χ1n) is 8.77. The second-order valence-corrected chi connectivity index (χ2v) is 7.54. The summed E-state index contributed by atoms with van der Waals surface area (Å²) in [5.74, 6) is 0. The number of benzene rings is 1. The van der Waals surface area contributed by atoms with E-state index in [1.54, 1.807) is 0 Å². The van der Waals surface area contributed by atoms with Crippen molar-refractivity contribution in [2.75, 3.05) is 44.6 Å². The summed E-state index contributed by atoms with van der Waals surface area (Å²) >= 11 is 3.47. The highest BCUT2D eigenvalue weighted by Crippen LogP contribution is 2.21. The van der Waals surface area contributed by atoms with Crippen LogP contribution in [0.1, 0.15) is 32.1 Å². The van der Waals surface area contributed by atoms with Crippen LogP contribution in [0.2, 0.25) is 0 Å². The molecular formula is C18H31BrCl3N3. The van der Waals surface area contributed by atoms with E-state index < -0.39 is 0 Å². The highest BCUT2D eigenvalue weighted by Gasteiger charge is 2.28. The van der Waals surface area contributed by atoms with Crippen molar-refractivity contribution in [1.82, 2.24) is 9.80 Å². The lowest BCUT2D eigenvalue weighted by Gasteiger charge is -2.44. The topological polar surface area (TPSA) is 18.5 Å². The molecule has 1 aromatic rings. The van der Waals surface area contributed by atoms with Crippen LogP contribution in [0, 0.1) is 0 Å². The lowest BCUT2D eigenvalue weighted by Crippen LogP contribution is -2.54. The molecule has 0 saturated carbocycles. The number of hydrogen-bond acceptors (Lipinski definition) is 3. The molecule has 0 spiro atoms. The number of hydrogen-bond donors (Lipinski definition) is 1. The quantitative estimate of drug-likeness (QED) is 0.579. The molecule has 1 unspecified atom stereocenters. The van der Waals surface area contributed by atoms with Crippen LogP contribution in [0.15, 0.2) is 28.7 Å². The third-order valence-corrected chi connectivity index (χ3v) is 5.52. The number of unbranched alkanes of at least 4 members (excludes halogenated alkanes) is 1. The maximum atomic E-state index is 3.51. The Morgan fingerprint density at radius 1 is 0.960 bits per heavy atom. The second kappa shape index (κ2) is 13.5. The molecule has 25 heavy (non-hydrogen) atoms. The van der Waals surface area contributed by atoms with Crippen molar-refractivity contribution < 1.29 is 0 Å². The summed E-state index contributed by atoms with van der Waals surface area (Å²) in [6.07, 6.45) is 6.82. The maximum Gasteiger partial charge on any atom is 0.0340 e. The average molecular weight is 476 g/mol. The monoisotopic (exact) mass is 473 g/mol. The first kappa shape index (κ1) is 25.3. The SMILES string of the molecule is Brc1ccc(NCCCCN2CCN3CCCCC3C2)cc1.Cl.Cl.Cl. The zero-order chi connectivity index (χ0) is 15.2. The molecule has 0 aromatic heterocycles. The van der Waals surface area contributed by atoms with Gasteiger partial charge in [0.05, 0.1) is 0 Å². The molecule has 0 bridgehead atoms. The molecule has 1 aromatic carbocycles. The minimum Gasteiger partial charge on any atom is -0.385 e. The molecule has 3 nitrogen and oxygen atoms in total. The van der Waals surface area contributed by atoms with Crippen LogP contribution in [0.4, 0.5) is 5.69 Å². The van der Waals surface area contributed by atoms with Crippen molar-refractivity contribution in [3.05, 3.63) is 28.7 Å². The van der Waals surface area contributed by atoms with Crippen LogP contribution >= 0.6 is 53.2 Å². The Bertz CT molecular complexity index is 461. The van der Waals surface area contributed by atoms with Crippen molar-refractivity contribution in [1.29, 1.82) is 0 Å². The number of rotatable bonds is 6. The number of nitrogens with zero attached hydrogens (tertiary/aromatic N) is 2. The highest BCUT2D eigenvalue weighted by atomic mass is 79.9. The minimum atomic E-state index is 0. The number of piperidine rings is 1. The van der Waals surface area contributed by atoms with Gasteiger partial charge in [-0.25, -0.2) is 0 Å². The lowest BCUT2D eigenvalue weighted by atomic mass is 9.99. The van der Waals surface area contributed by atoms with Gasteiger partial charge in [0.25, 0.3) is 0 Å². The Balaban J connectivity index is 0.00000192. The van der Waals surface area contributed by atoms with E-state index in [-0.39, 0.29) is 37.2 Å². The summed E-state index contributed by atoms with van der Waals surface area (Å²) < 4.78 is 1.14. The number of halogens is 4. The summed E-state index contributed by atoms with van der Waals surface area (Å²) in [5, 5.41) is 3.51. The van der Waals surface area contributed by atoms with E-state index in [9.17, 15) is 0 Å². The van der Waals surface area contributed by atoms with Gasteiger partial charge in [-0.1, -0.05) is 22.4 Å². The van der Waals surface area contributed by atoms with Crippen molar-refractivity contribution in [3.63, 3.8) is 0 Å². The van der Waals surface area contributed by atoms with E-state index in [0.29, 0.717) is 0 Å². The summed E-state index contributed by atoms with van der Waals surface area (Å²) in [7, 11) is 0. The van der Waals surface area contributed by atoms with E-state index >= 15 is 0 Å². The zero-order valence-corrected chi connectivity index (χ0v) is 18.7. The Morgan fingerprint density at radius 3 is 2.48 bits per heavy atom. The van der Waals surface area contributed by atoms with Gasteiger partial charge < -0.3 is 10.2 Å². The first-order valence-corrected chi connectivity index (χ1v) is 9.56. The fraction of sp³-hybridized carbons (Fsp3) is 0.667. The average Bonchev–Trinajstić information content (AvgIpc) is 2.56. The highest BCUT2D eigenvalue weighted by molar-refractivity contribution is 9.10. The van der Waals surface area contributed by atoms with Crippen molar-refractivity contribution in [2.24, 2.45) is 0 Å². The molecule has 0 amide bonds. The molecule has 3 rings (SSSR count). The smallest absolute Gasteiger partial charge is 0.0340 e. The summed E-state index contributed by atoms with van der Waals surface area (Å²) in [6.45, 7) is 7.56. The molecule has 146 valence electrons. The van der Waals surface area contributed by atoms with E-state index in [4.69, 9.17) is 0 Å². The summed E-state index contributed by atoms with van der Waals surface area (Å²) in [4.78, 5) is 5.40. The van der Waals surface area contributed by atoms with E-state index in [1.165, 1.54) is 70.5 Å². The van der Waals surface area contributed by atoms with Crippen LogP contribution in [-0.2, 0) is 0 Å². The summed E-state index contributed by atoms with van der Waals surface area (Å²) in [5.41, 5.74) is 1.22. The standard InChI is InChI=1S/C18H28BrN3.3ClH/c19-16-6-8-17(9-7-16)20-10-2-4-11-21-13-14-22-12-3-1-5-18(22)15-21;;;/h6-9,18,20H,1-5,10-15H2;3*1H. The molecule has 0 aliphatic carbocycles. The van der Waals surface area contributed by atoms with E-state index in [2.05, 4.69) is 55.3 Å². The Labute approximate surface area is 179 Å². The van der Waals surface area contributed by atoms with Crippen LogP contribution in [0.3, 0.4) is 0 Å². The number of piperazine rings is 1. The van der Waals surface area contributed by atoms with Crippen LogP contribution in [0.25, 0.3) is 0 Å². The van der Waals surface area contributed by atoms with Crippen LogP contribution < -0.4 is 5.32 Å². The molecule has 1 N–H and O–H groups in total. The van der Waals surface area contributed by atoms with Crippen molar-refractivity contribution in [3.8, 4) is 0 Å². The van der Waals surface area contributed by atoms with Gasteiger partial charge in [0, 0.05) is 42.4 Å². The number of fused-ring (bicyclic) bond motifs is 1. The predicted molar refractivity (Wildman–Crippen MR) is 119 cm³/mol. The van der Waals surface area contributed by atoms with Crippen LogP contribution in [-0.4, -0.2) is 55.1 Å². The van der Waals surface area contributed by atoms with Gasteiger partial charge in [0.15, 0.2) is 0 Å². The fourth-order valence-corrected chi connectivity index (χ4v) is 3.95. The maximum absolute atomic E-state index is 3.51. The van der Waals surface area contributed by atoms with Gasteiger partial charge in [-0.2, -0.15) is 0 Å². The van der Waals surface area contributed by atoms with E-state index in [1.807, 2.05) is 0 Å². The Hall–Kier alpha value is 0.290. The molecular weight excluding hydrogens is 444 g/mol. The minimum absolute atomic E-state index is 0. The second-order valence-electron chi connectivity index (χ2n) is 6.63. The van der Waals surface area contributed by atoms with Crippen molar-refractivity contribution in [2.45, 2.75) is 38.1 Å². The molecule has 2 fully saturated rings. The third-order valence-electron chi connectivity index (χ3n) is 5.00. The first-order chi connectivity index (χ1) is 10.8. The fourth-order valence-electron chi connectivity index (χ4n) is 3.68. The molecule has 0 radical (unpaired) electrons. The molecule has 2 saturated heterocycles. The van der Waals surface area contributed by atoms with Crippen molar-refractivity contribution >= 4 is 58.8 Å². The molecule has 2 aliphatic rings. The van der Waals surface area contributed by atoms with Gasteiger partial charge >= 0.3 is 0 Å². The molecule has 2 aliphatic heterocycles. The van der Waals surface area contributed by atoms with Crippen LogP contribution in [0.5, 0.6) is 0 Å². The normalized spacial score (nSPS) is 20.4. The lowest BCUT2D eigenvalue weighted by molar-refractivity contribution is 0.0488.